The van der Waals surface area contributed by atoms with Gasteiger partial charge in [-0.25, -0.2) is 4.79 Å². The summed E-state index contributed by atoms with van der Waals surface area (Å²) in [7, 11) is 0. The molecule has 0 bridgehead atoms. The second kappa shape index (κ2) is 8.61. The minimum atomic E-state index is -0.810. The SMILES string of the molecule is C=CC(C)(C)Oc1cc(OCC)c(C(O)CC)c2oc(=O)cc(CCC)c12. The zero-order valence-corrected chi connectivity index (χ0v) is 16.9. The van der Waals surface area contributed by atoms with Gasteiger partial charge >= 0.3 is 5.63 Å². The van der Waals surface area contributed by atoms with Gasteiger partial charge in [0.15, 0.2) is 5.58 Å². The molecule has 1 aromatic carbocycles. The van der Waals surface area contributed by atoms with Gasteiger partial charge in [-0.2, -0.15) is 0 Å². The third-order valence-corrected chi connectivity index (χ3v) is 4.47. The van der Waals surface area contributed by atoms with E-state index in [0.29, 0.717) is 47.5 Å². The van der Waals surface area contributed by atoms with E-state index in [1.165, 1.54) is 6.07 Å². The molecule has 2 aromatic rings. The van der Waals surface area contributed by atoms with E-state index < -0.39 is 17.3 Å². The predicted octanol–water partition coefficient (Wildman–Crippen LogP) is 4.93. The molecule has 0 aliphatic rings. The van der Waals surface area contributed by atoms with Crippen molar-refractivity contribution in [3.05, 3.63) is 46.3 Å². The number of hydrogen-bond acceptors (Lipinski definition) is 5. The van der Waals surface area contributed by atoms with Gasteiger partial charge in [0, 0.05) is 12.1 Å². The first-order valence-electron chi connectivity index (χ1n) is 9.55. The minimum absolute atomic E-state index is 0.334. The van der Waals surface area contributed by atoms with Gasteiger partial charge in [-0.3, -0.25) is 0 Å². The van der Waals surface area contributed by atoms with Gasteiger partial charge in [-0.05, 0) is 45.3 Å². The number of aliphatic hydroxyl groups is 1. The zero-order valence-electron chi connectivity index (χ0n) is 16.9. The van der Waals surface area contributed by atoms with Gasteiger partial charge in [0.25, 0.3) is 0 Å². The Hall–Kier alpha value is -2.27. The number of hydrogen-bond donors (Lipinski definition) is 1. The van der Waals surface area contributed by atoms with Gasteiger partial charge in [-0.15, -0.1) is 0 Å². The van der Waals surface area contributed by atoms with E-state index >= 15 is 0 Å². The Bertz CT molecular complexity index is 863. The lowest BCUT2D eigenvalue weighted by molar-refractivity contribution is 0.160. The van der Waals surface area contributed by atoms with Crippen LogP contribution in [0.3, 0.4) is 0 Å². The topological polar surface area (TPSA) is 68.9 Å². The summed E-state index contributed by atoms with van der Waals surface area (Å²) in [5.74, 6) is 1.02. The standard InChI is InChI=1S/C22H30O5/c1-7-11-14-12-18(24)26-21-19(14)17(27-22(5,6)9-3)13-16(25-10-4)20(21)15(23)8-2/h9,12-13,15,23H,3,7-8,10-11H2,1-2,4-6H3. The minimum Gasteiger partial charge on any atom is -0.493 e. The molecular weight excluding hydrogens is 344 g/mol. The molecule has 0 saturated carbocycles. The van der Waals surface area contributed by atoms with Crippen LogP contribution < -0.4 is 15.1 Å². The molecule has 1 heterocycles. The Labute approximate surface area is 160 Å². The molecule has 0 spiro atoms. The van der Waals surface area contributed by atoms with E-state index in [-0.39, 0.29) is 0 Å². The van der Waals surface area contributed by atoms with E-state index in [4.69, 9.17) is 13.9 Å². The van der Waals surface area contributed by atoms with Crippen LogP contribution in [0.15, 0.2) is 34.0 Å². The van der Waals surface area contributed by atoms with E-state index in [1.54, 1.807) is 12.1 Å². The van der Waals surface area contributed by atoms with Crippen LogP contribution in [-0.2, 0) is 6.42 Å². The highest BCUT2D eigenvalue weighted by atomic mass is 16.5. The highest BCUT2D eigenvalue weighted by Gasteiger charge is 2.26. The average Bonchev–Trinajstić information content (AvgIpc) is 2.61. The molecular formula is C22H30O5. The first kappa shape index (κ1) is 21.0. The highest BCUT2D eigenvalue weighted by molar-refractivity contribution is 5.91. The van der Waals surface area contributed by atoms with Crippen molar-refractivity contribution in [3.63, 3.8) is 0 Å². The normalized spacial score (nSPS) is 12.8. The third kappa shape index (κ3) is 4.53. The van der Waals surface area contributed by atoms with Gasteiger partial charge in [0.05, 0.1) is 23.7 Å². The Balaban J connectivity index is 2.94. The molecule has 0 aliphatic heterocycles. The van der Waals surface area contributed by atoms with Crippen molar-refractivity contribution in [2.75, 3.05) is 6.61 Å². The van der Waals surface area contributed by atoms with Gasteiger partial charge < -0.3 is 19.0 Å². The number of aliphatic hydroxyl groups excluding tert-OH is 1. The van der Waals surface area contributed by atoms with Crippen molar-refractivity contribution in [1.29, 1.82) is 0 Å². The van der Waals surface area contributed by atoms with Crippen molar-refractivity contribution in [2.45, 2.75) is 65.6 Å². The van der Waals surface area contributed by atoms with Crippen molar-refractivity contribution in [3.8, 4) is 11.5 Å². The number of fused-ring (bicyclic) bond motifs is 1. The number of ether oxygens (including phenoxy) is 2. The molecule has 1 atom stereocenters. The molecule has 0 radical (unpaired) electrons. The van der Waals surface area contributed by atoms with Gasteiger partial charge in [0.1, 0.15) is 17.1 Å². The van der Waals surface area contributed by atoms with Crippen LogP contribution in [0.25, 0.3) is 11.0 Å². The van der Waals surface area contributed by atoms with E-state index in [0.717, 1.165) is 12.0 Å². The summed E-state index contributed by atoms with van der Waals surface area (Å²) in [4.78, 5) is 12.2. The lowest BCUT2D eigenvalue weighted by Crippen LogP contribution is -2.25. The van der Waals surface area contributed by atoms with Gasteiger partial charge in [-0.1, -0.05) is 26.8 Å². The summed E-state index contributed by atoms with van der Waals surface area (Å²) in [6, 6.07) is 3.28. The molecule has 0 saturated heterocycles. The highest BCUT2D eigenvalue weighted by Crippen LogP contribution is 2.42. The predicted molar refractivity (Wildman–Crippen MR) is 108 cm³/mol. The number of rotatable bonds is 9. The number of benzene rings is 1. The monoisotopic (exact) mass is 374 g/mol. The summed E-state index contributed by atoms with van der Waals surface area (Å²) in [6.07, 6.45) is 2.93. The summed E-state index contributed by atoms with van der Waals surface area (Å²) in [6.45, 7) is 13.8. The molecule has 5 nitrogen and oxygen atoms in total. The molecule has 148 valence electrons. The maximum Gasteiger partial charge on any atom is 0.336 e. The fourth-order valence-electron chi connectivity index (χ4n) is 3.05. The quantitative estimate of drug-likeness (QED) is 0.498. The Morgan fingerprint density at radius 3 is 2.52 bits per heavy atom. The third-order valence-electron chi connectivity index (χ3n) is 4.47. The Morgan fingerprint density at radius 2 is 1.96 bits per heavy atom. The Morgan fingerprint density at radius 1 is 1.26 bits per heavy atom. The van der Waals surface area contributed by atoms with E-state index in [9.17, 15) is 9.90 Å². The number of aryl methyl sites for hydroxylation is 1. The average molecular weight is 374 g/mol. The molecule has 1 aromatic heterocycles. The first-order chi connectivity index (χ1) is 12.8. The summed E-state index contributed by atoms with van der Waals surface area (Å²) in [5.41, 5.74) is 0.597. The maximum absolute atomic E-state index is 12.2. The van der Waals surface area contributed by atoms with Crippen LogP contribution in [0.2, 0.25) is 0 Å². The van der Waals surface area contributed by atoms with Gasteiger partial charge in [0.2, 0.25) is 0 Å². The maximum atomic E-state index is 12.2. The lowest BCUT2D eigenvalue weighted by atomic mass is 9.97. The second-order valence-electron chi connectivity index (χ2n) is 7.10. The molecule has 5 heteroatoms. The molecule has 1 unspecified atom stereocenters. The fourth-order valence-corrected chi connectivity index (χ4v) is 3.05. The van der Waals surface area contributed by atoms with Crippen molar-refractivity contribution in [1.82, 2.24) is 0 Å². The second-order valence-corrected chi connectivity index (χ2v) is 7.10. The molecule has 0 amide bonds. The van der Waals surface area contributed by atoms with Crippen molar-refractivity contribution in [2.24, 2.45) is 0 Å². The van der Waals surface area contributed by atoms with Crippen molar-refractivity contribution >= 4 is 11.0 Å². The van der Waals surface area contributed by atoms with Crippen LogP contribution in [-0.4, -0.2) is 17.3 Å². The summed E-state index contributed by atoms with van der Waals surface area (Å²) < 4.78 is 17.6. The molecule has 0 fully saturated rings. The molecule has 0 aliphatic carbocycles. The summed E-state index contributed by atoms with van der Waals surface area (Å²) >= 11 is 0. The first-order valence-corrected chi connectivity index (χ1v) is 9.55. The van der Waals surface area contributed by atoms with Crippen LogP contribution in [0.5, 0.6) is 11.5 Å². The van der Waals surface area contributed by atoms with Crippen LogP contribution in [0, 0.1) is 0 Å². The Kier molecular flexibility index (Phi) is 6.71. The molecule has 2 rings (SSSR count). The van der Waals surface area contributed by atoms with Crippen molar-refractivity contribution < 1.29 is 19.0 Å². The molecule has 27 heavy (non-hydrogen) atoms. The largest absolute Gasteiger partial charge is 0.493 e. The lowest BCUT2D eigenvalue weighted by Gasteiger charge is -2.26. The molecule has 1 N–H and O–H groups in total. The zero-order chi connectivity index (χ0) is 20.2. The fraction of sp³-hybridized carbons (Fsp3) is 0.500. The van der Waals surface area contributed by atoms with Crippen LogP contribution >= 0.6 is 0 Å². The van der Waals surface area contributed by atoms with E-state index in [2.05, 4.69) is 6.58 Å². The summed E-state index contributed by atoms with van der Waals surface area (Å²) in [5, 5.41) is 11.3. The smallest absolute Gasteiger partial charge is 0.336 e. The van der Waals surface area contributed by atoms with E-state index in [1.807, 2.05) is 34.6 Å². The van der Waals surface area contributed by atoms with Crippen LogP contribution in [0.4, 0.5) is 0 Å². The van der Waals surface area contributed by atoms with Crippen LogP contribution in [0.1, 0.15) is 64.7 Å².